The lowest BCUT2D eigenvalue weighted by Gasteiger charge is -2.23. The van der Waals surface area contributed by atoms with Gasteiger partial charge in [-0.2, -0.15) is 0 Å². The lowest BCUT2D eigenvalue weighted by molar-refractivity contribution is -0.122. The molecule has 14 heavy (non-hydrogen) atoms. The minimum atomic E-state index is -0.781. The second kappa shape index (κ2) is 5.98. The molecule has 0 bridgehead atoms. The molecule has 0 saturated heterocycles. The summed E-state index contributed by atoms with van der Waals surface area (Å²) in [5.74, 6) is -0.0496. The molecule has 0 radical (unpaired) electrons. The molecule has 84 valence electrons. The van der Waals surface area contributed by atoms with Gasteiger partial charge in [0.1, 0.15) is 0 Å². The van der Waals surface area contributed by atoms with E-state index in [1.165, 1.54) is 0 Å². The molecule has 1 amide bonds. The van der Waals surface area contributed by atoms with Crippen molar-refractivity contribution in [1.29, 1.82) is 0 Å². The average Bonchev–Trinajstić information content (AvgIpc) is 2.00. The van der Waals surface area contributed by atoms with Crippen molar-refractivity contribution < 1.29 is 9.90 Å². The van der Waals surface area contributed by atoms with Gasteiger partial charge in [-0.15, -0.1) is 0 Å². The quantitative estimate of drug-likeness (QED) is 0.647. The van der Waals surface area contributed by atoms with Gasteiger partial charge in [0.25, 0.3) is 0 Å². The van der Waals surface area contributed by atoms with Crippen LogP contribution < -0.4 is 5.32 Å². The van der Waals surface area contributed by atoms with Crippen LogP contribution in [0.4, 0.5) is 0 Å². The van der Waals surface area contributed by atoms with E-state index in [0.717, 1.165) is 6.42 Å². The van der Waals surface area contributed by atoms with Crippen molar-refractivity contribution in [3.63, 3.8) is 0 Å². The summed E-state index contributed by atoms with van der Waals surface area (Å²) in [4.78, 5) is 13.0. The van der Waals surface area contributed by atoms with Gasteiger partial charge in [0.2, 0.25) is 5.91 Å². The number of aliphatic hydroxyl groups is 1. The minimum Gasteiger partial charge on any atom is -0.388 e. The van der Waals surface area contributed by atoms with Crippen LogP contribution in [0.3, 0.4) is 0 Å². The molecule has 2 N–H and O–H groups in total. The number of nitrogens with zero attached hydrogens (tertiary/aromatic N) is 1. The van der Waals surface area contributed by atoms with E-state index in [4.69, 9.17) is 0 Å². The van der Waals surface area contributed by atoms with Crippen LogP contribution in [-0.2, 0) is 4.79 Å². The third-order valence-corrected chi connectivity index (χ3v) is 1.91. The van der Waals surface area contributed by atoms with Gasteiger partial charge >= 0.3 is 0 Å². The molecule has 1 unspecified atom stereocenters. The van der Waals surface area contributed by atoms with Crippen molar-refractivity contribution in [1.82, 2.24) is 10.2 Å². The molecular formula is C10H22N2O2. The summed E-state index contributed by atoms with van der Waals surface area (Å²) in [6, 6.07) is 0. The first-order valence-electron chi connectivity index (χ1n) is 5.01. The molecule has 0 spiro atoms. The third-order valence-electron chi connectivity index (χ3n) is 1.91. The molecule has 0 saturated carbocycles. The highest BCUT2D eigenvalue weighted by atomic mass is 16.3. The Morgan fingerprint density at radius 2 is 2.07 bits per heavy atom. The first-order chi connectivity index (χ1) is 6.37. The second-order valence-electron chi connectivity index (χ2n) is 4.26. The van der Waals surface area contributed by atoms with Gasteiger partial charge in [-0.1, -0.05) is 13.3 Å². The monoisotopic (exact) mass is 202 g/mol. The topological polar surface area (TPSA) is 52.6 Å². The normalized spacial score (nSPS) is 15.3. The molecule has 4 heteroatoms. The highest BCUT2D eigenvalue weighted by molar-refractivity contribution is 5.77. The van der Waals surface area contributed by atoms with E-state index in [-0.39, 0.29) is 5.91 Å². The molecule has 0 heterocycles. The number of amides is 1. The van der Waals surface area contributed by atoms with Crippen molar-refractivity contribution >= 4 is 5.91 Å². The van der Waals surface area contributed by atoms with Crippen molar-refractivity contribution in [2.75, 3.05) is 27.2 Å². The SMILES string of the molecule is CCCC(C)(O)CNC(=O)CN(C)C. The van der Waals surface area contributed by atoms with Gasteiger partial charge in [-0.05, 0) is 27.4 Å². The Morgan fingerprint density at radius 3 is 2.50 bits per heavy atom. The fraction of sp³-hybridized carbons (Fsp3) is 0.900. The zero-order valence-corrected chi connectivity index (χ0v) is 9.63. The largest absolute Gasteiger partial charge is 0.388 e. The molecule has 0 aliphatic rings. The lowest BCUT2D eigenvalue weighted by atomic mass is 10.0. The summed E-state index contributed by atoms with van der Waals surface area (Å²) >= 11 is 0. The van der Waals surface area contributed by atoms with Crippen LogP contribution in [-0.4, -0.2) is 48.7 Å². The van der Waals surface area contributed by atoms with Gasteiger partial charge < -0.3 is 15.3 Å². The van der Waals surface area contributed by atoms with Crippen LogP contribution in [0.1, 0.15) is 26.7 Å². The Kier molecular flexibility index (Phi) is 5.72. The maximum absolute atomic E-state index is 11.2. The molecule has 0 rings (SSSR count). The Morgan fingerprint density at radius 1 is 1.50 bits per heavy atom. The first kappa shape index (κ1) is 13.4. The minimum absolute atomic E-state index is 0.0496. The number of carbonyl (C=O) groups is 1. The summed E-state index contributed by atoms with van der Waals surface area (Å²) in [6.45, 7) is 4.44. The molecule has 4 nitrogen and oxygen atoms in total. The molecule has 0 aliphatic heterocycles. The fourth-order valence-corrected chi connectivity index (χ4v) is 1.26. The highest BCUT2D eigenvalue weighted by Gasteiger charge is 2.19. The zero-order valence-electron chi connectivity index (χ0n) is 9.63. The third kappa shape index (κ3) is 6.86. The lowest BCUT2D eigenvalue weighted by Crippen LogP contribution is -2.43. The van der Waals surface area contributed by atoms with Crippen LogP contribution in [0, 0.1) is 0 Å². The summed E-state index contributed by atoms with van der Waals surface area (Å²) < 4.78 is 0. The van der Waals surface area contributed by atoms with E-state index in [1.54, 1.807) is 11.8 Å². The van der Waals surface area contributed by atoms with Crippen LogP contribution in [0.15, 0.2) is 0 Å². The summed E-state index contributed by atoms with van der Waals surface area (Å²) in [7, 11) is 3.67. The van der Waals surface area contributed by atoms with E-state index >= 15 is 0 Å². The molecule has 0 aliphatic carbocycles. The number of likely N-dealkylation sites (N-methyl/N-ethyl adjacent to an activating group) is 1. The molecular weight excluding hydrogens is 180 g/mol. The fourth-order valence-electron chi connectivity index (χ4n) is 1.26. The molecule has 0 fully saturated rings. The zero-order chi connectivity index (χ0) is 11.2. The van der Waals surface area contributed by atoms with E-state index in [9.17, 15) is 9.90 Å². The van der Waals surface area contributed by atoms with E-state index in [1.807, 2.05) is 21.0 Å². The molecule has 1 atom stereocenters. The van der Waals surface area contributed by atoms with Gasteiger partial charge in [0, 0.05) is 6.54 Å². The summed E-state index contributed by atoms with van der Waals surface area (Å²) in [6.07, 6.45) is 1.62. The molecule has 0 aromatic carbocycles. The summed E-state index contributed by atoms with van der Waals surface area (Å²) in [5.41, 5.74) is -0.781. The standard InChI is InChI=1S/C10H22N2O2/c1-5-6-10(2,14)8-11-9(13)7-12(3)4/h14H,5-8H2,1-4H3,(H,11,13). The molecule has 0 aromatic heterocycles. The molecule has 0 aromatic rings. The van der Waals surface area contributed by atoms with Crippen molar-refractivity contribution in [3.8, 4) is 0 Å². The van der Waals surface area contributed by atoms with Gasteiger partial charge in [0.15, 0.2) is 0 Å². The first-order valence-corrected chi connectivity index (χ1v) is 5.01. The number of carbonyl (C=O) groups excluding carboxylic acids is 1. The van der Waals surface area contributed by atoms with Gasteiger partial charge in [-0.25, -0.2) is 0 Å². The van der Waals surface area contributed by atoms with Crippen LogP contribution in [0.5, 0.6) is 0 Å². The highest BCUT2D eigenvalue weighted by Crippen LogP contribution is 2.09. The smallest absolute Gasteiger partial charge is 0.234 e. The maximum Gasteiger partial charge on any atom is 0.234 e. The number of hydrogen-bond acceptors (Lipinski definition) is 3. The number of nitrogens with one attached hydrogen (secondary N) is 1. The van der Waals surface area contributed by atoms with Crippen LogP contribution >= 0.6 is 0 Å². The van der Waals surface area contributed by atoms with Crippen LogP contribution in [0.2, 0.25) is 0 Å². The Balaban J connectivity index is 3.75. The Labute approximate surface area is 86.3 Å². The van der Waals surface area contributed by atoms with Gasteiger partial charge in [0.05, 0.1) is 12.1 Å². The van der Waals surface area contributed by atoms with E-state index in [2.05, 4.69) is 5.32 Å². The van der Waals surface area contributed by atoms with Crippen molar-refractivity contribution in [2.45, 2.75) is 32.3 Å². The van der Waals surface area contributed by atoms with E-state index in [0.29, 0.717) is 19.5 Å². The predicted octanol–water partition coefficient (Wildman–Crippen LogP) is 0.215. The predicted molar refractivity (Wildman–Crippen MR) is 57.1 cm³/mol. The van der Waals surface area contributed by atoms with E-state index < -0.39 is 5.60 Å². The summed E-state index contributed by atoms with van der Waals surface area (Å²) in [5, 5.41) is 12.5. The Bertz CT molecular complexity index is 179. The number of rotatable bonds is 6. The Hall–Kier alpha value is -0.610. The van der Waals surface area contributed by atoms with Crippen molar-refractivity contribution in [3.05, 3.63) is 0 Å². The average molecular weight is 202 g/mol. The maximum atomic E-state index is 11.2. The van der Waals surface area contributed by atoms with Crippen LogP contribution in [0.25, 0.3) is 0 Å². The van der Waals surface area contributed by atoms with Crippen molar-refractivity contribution in [2.24, 2.45) is 0 Å². The number of hydrogen-bond donors (Lipinski definition) is 2. The van der Waals surface area contributed by atoms with Gasteiger partial charge in [-0.3, -0.25) is 4.79 Å². The second-order valence-corrected chi connectivity index (χ2v) is 4.26.